The number of anilines is 1. The Kier molecular flexibility index (Phi) is 5.75. The molecule has 0 aliphatic carbocycles. The number of nitrogens with zero attached hydrogens (tertiary/aromatic N) is 5. The highest BCUT2D eigenvalue weighted by Crippen LogP contribution is 2.33. The zero-order valence-corrected chi connectivity index (χ0v) is 18.1. The van der Waals surface area contributed by atoms with E-state index in [2.05, 4.69) is 14.8 Å². The van der Waals surface area contributed by atoms with Crippen molar-refractivity contribution in [2.45, 2.75) is 25.0 Å². The number of rotatable bonds is 4. The molecular weight excluding hydrogens is 414 g/mol. The summed E-state index contributed by atoms with van der Waals surface area (Å²) in [5, 5.41) is 12.7. The third-order valence-electron chi connectivity index (χ3n) is 6.24. The van der Waals surface area contributed by atoms with Crippen LogP contribution in [0.25, 0.3) is 10.9 Å². The maximum atomic E-state index is 11.1. The molecule has 8 heteroatoms. The summed E-state index contributed by atoms with van der Waals surface area (Å²) < 4.78 is 5.52. The molecule has 1 N–H and O–H groups in total. The minimum atomic E-state index is -0.815. The van der Waals surface area contributed by atoms with E-state index in [1.807, 2.05) is 30.3 Å². The van der Waals surface area contributed by atoms with E-state index in [1.165, 1.54) is 0 Å². The number of fused-ring (bicyclic) bond motifs is 1. The van der Waals surface area contributed by atoms with Crippen LogP contribution in [-0.2, 0) is 16.9 Å². The van der Waals surface area contributed by atoms with Crippen LogP contribution < -0.4 is 4.90 Å². The quantitative estimate of drug-likeness (QED) is 0.669. The molecule has 0 spiro atoms. The summed E-state index contributed by atoms with van der Waals surface area (Å²) in [6.45, 7) is 5.21. The minimum absolute atomic E-state index is 0.652. The fourth-order valence-electron chi connectivity index (χ4n) is 4.43. The van der Waals surface area contributed by atoms with Crippen LogP contribution in [0.15, 0.2) is 42.7 Å². The van der Waals surface area contributed by atoms with Crippen LogP contribution >= 0.6 is 11.6 Å². The van der Waals surface area contributed by atoms with E-state index in [4.69, 9.17) is 26.3 Å². The number of likely N-dealkylation sites (tertiary alicyclic amines) is 1. The highest BCUT2D eigenvalue weighted by molar-refractivity contribution is 6.31. The number of hydrogen-bond donors (Lipinski definition) is 1. The van der Waals surface area contributed by atoms with Gasteiger partial charge in [0.1, 0.15) is 11.6 Å². The van der Waals surface area contributed by atoms with Gasteiger partial charge in [-0.05, 0) is 37.1 Å². The smallest absolute Gasteiger partial charge is 0.145 e. The second-order valence-electron chi connectivity index (χ2n) is 8.27. The number of halogens is 1. The third kappa shape index (κ3) is 4.36. The lowest BCUT2D eigenvalue weighted by Gasteiger charge is -2.38. The van der Waals surface area contributed by atoms with Crippen molar-refractivity contribution in [3.05, 3.63) is 59.1 Å². The van der Waals surface area contributed by atoms with Gasteiger partial charge in [0, 0.05) is 54.5 Å². The summed E-state index contributed by atoms with van der Waals surface area (Å²) in [6.07, 6.45) is 4.83. The predicted octanol–water partition coefficient (Wildman–Crippen LogP) is 3.00. The molecule has 0 radical (unpaired) electrons. The summed E-state index contributed by atoms with van der Waals surface area (Å²) in [5.41, 5.74) is 0.980. The monoisotopic (exact) mass is 439 g/mol. The number of hydrogen-bond acceptors (Lipinski definition) is 7. The molecule has 0 saturated carbocycles. The number of benzene rings is 1. The summed E-state index contributed by atoms with van der Waals surface area (Å²) >= 11 is 6.27. The Labute approximate surface area is 186 Å². The highest BCUT2D eigenvalue weighted by atomic mass is 35.5. The maximum Gasteiger partial charge on any atom is 0.145 e. The standard InChI is InChI=1S/C23H26ClN5O2/c24-18-3-4-20-19(14-18)22(29-10-12-31-13-11-29)27-21(26-20)16-28-8-5-23(30,6-9-28)17-2-1-7-25-15-17/h1-4,7,14-15,30H,5-6,8-13,16H2. The van der Waals surface area contributed by atoms with Gasteiger partial charge in [0.05, 0.1) is 30.9 Å². The van der Waals surface area contributed by atoms with Gasteiger partial charge in [-0.25, -0.2) is 9.97 Å². The lowest BCUT2D eigenvalue weighted by atomic mass is 9.85. The van der Waals surface area contributed by atoms with Gasteiger partial charge >= 0.3 is 0 Å². The molecule has 2 saturated heterocycles. The topological polar surface area (TPSA) is 74.6 Å². The second kappa shape index (κ2) is 8.67. The Bertz CT molecular complexity index is 1050. The second-order valence-corrected chi connectivity index (χ2v) is 8.71. The molecule has 31 heavy (non-hydrogen) atoms. The van der Waals surface area contributed by atoms with Crippen LogP contribution in [-0.4, -0.2) is 64.4 Å². The number of ether oxygens (including phenoxy) is 1. The summed E-state index contributed by atoms with van der Waals surface area (Å²) in [6, 6.07) is 9.61. The van der Waals surface area contributed by atoms with E-state index in [0.717, 1.165) is 54.3 Å². The largest absolute Gasteiger partial charge is 0.385 e. The fraction of sp³-hybridized carbons (Fsp3) is 0.435. The van der Waals surface area contributed by atoms with Crippen LogP contribution in [0.1, 0.15) is 24.2 Å². The van der Waals surface area contributed by atoms with Crippen molar-refractivity contribution in [1.29, 1.82) is 0 Å². The van der Waals surface area contributed by atoms with Gasteiger partial charge in [-0.15, -0.1) is 0 Å². The van der Waals surface area contributed by atoms with Crippen molar-refractivity contribution in [2.24, 2.45) is 0 Å². The van der Waals surface area contributed by atoms with Gasteiger partial charge in [0.25, 0.3) is 0 Å². The van der Waals surface area contributed by atoms with Crippen LogP contribution in [0, 0.1) is 0 Å². The molecule has 3 aromatic rings. The molecule has 0 bridgehead atoms. The average molecular weight is 440 g/mol. The Morgan fingerprint density at radius 2 is 1.87 bits per heavy atom. The number of pyridine rings is 1. The molecular formula is C23H26ClN5O2. The van der Waals surface area contributed by atoms with E-state index in [1.54, 1.807) is 12.4 Å². The molecule has 2 fully saturated rings. The molecule has 2 aromatic heterocycles. The first-order valence-electron chi connectivity index (χ1n) is 10.7. The van der Waals surface area contributed by atoms with Crippen molar-refractivity contribution in [3.63, 3.8) is 0 Å². The Hall–Kier alpha value is -2.32. The van der Waals surface area contributed by atoms with E-state index in [-0.39, 0.29) is 0 Å². The lowest BCUT2D eigenvalue weighted by Crippen LogP contribution is -2.42. The van der Waals surface area contributed by atoms with E-state index in [9.17, 15) is 5.11 Å². The lowest BCUT2D eigenvalue weighted by molar-refractivity contribution is -0.0284. The number of morpholine rings is 1. The maximum absolute atomic E-state index is 11.1. The van der Waals surface area contributed by atoms with Crippen LogP contribution in [0.5, 0.6) is 0 Å². The molecule has 1 aromatic carbocycles. The molecule has 7 nitrogen and oxygen atoms in total. The number of aromatic nitrogens is 3. The minimum Gasteiger partial charge on any atom is -0.385 e. The number of aliphatic hydroxyl groups is 1. The first kappa shape index (κ1) is 20.6. The van der Waals surface area contributed by atoms with E-state index in [0.29, 0.717) is 37.6 Å². The molecule has 0 unspecified atom stereocenters. The normalized spacial score (nSPS) is 19.6. The van der Waals surface area contributed by atoms with Gasteiger partial charge in [0.2, 0.25) is 0 Å². The molecule has 4 heterocycles. The first-order chi connectivity index (χ1) is 15.1. The van der Waals surface area contributed by atoms with Crippen molar-refractivity contribution in [2.75, 3.05) is 44.3 Å². The molecule has 162 valence electrons. The number of piperidine rings is 1. The zero-order chi connectivity index (χ0) is 21.3. The van der Waals surface area contributed by atoms with Crippen LogP contribution in [0.3, 0.4) is 0 Å². The highest BCUT2D eigenvalue weighted by Gasteiger charge is 2.34. The SMILES string of the molecule is OC1(c2cccnc2)CCN(Cc2nc(N3CCOCC3)c3cc(Cl)ccc3n2)CC1. The molecule has 0 amide bonds. The van der Waals surface area contributed by atoms with Gasteiger partial charge in [-0.3, -0.25) is 9.88 Å². The summed E-state index contributed by atoms with van der Waals surface area (Å²) in [7, 11) is 0. The Morgan fingerprint density at radius 1 is 1.06 bits per heavy atom. The summed E-state index contributed by atoms with van der Waals surface area (Å²) in [4.78, 5) is 18.5. The zero-order valence-electron chi connectivity index (χ0n) is 17.4. The van der Waals surface area contributed by atoms with Crippen molar-refractivity contribution < 1.29 is 9.84 Å². The van der Waals surface area contributed by atoms with Crippen molar-refractivity contribution >= 4 is 28.3 Å². The molecule has 2 aliphatic heterocycles. The first-order valence-corrected chi connectivity index (χ1v) is 11.1. The average Bonchev–Trinajstić information content (AvgIpc) is 2.81. The molecule has 2 aliphatic rings. The van der Waals surface area contributed by atoms with E-state index < -0.39 is 5.60 Å². The summed E-state index contributed by atoms with van der Waals surface area (Å²) in [5.74, 6) is 1.72. The predicted molar refractivity (Wildman–Crippen MR) is 120 cm³/mol. The van der Waals surface area contributed by atoms with Crippen LogP contribution in [0.4, 0.5) is 5.82 Å². The fourth-order valence-corrected chi connectivity index (χ4v) is 4.60. The van der Waals surface area contributed by atoms with Crippen molar-refractivity contribution in [1.82, 2.24) is 19.9 Å². The third-order valence-corrected chi connectivity index (χ3v) is 6.48. The Morgan fingerprint density at radius 3 is 2.61 bits per heavy atom. The van der Waals surface area contributed by atoms with E-state index >= 15 is 0 Å². The van der Waals surface area contributed by atoms with Gasteiger partial charge in [-0.2, -0.15) is 0 Å². The molecule has 5 rings (SSSR count). The van der Waals surface area contributed by atoms with Gasteiger partial charge in [-0.1, -0.05) is 17.7 Å². The van der Waals surface area contributed by atoms with Crippen molar-refractivity contribution in [3.8, 4) is 0 Å². The molecule has 0 atom stereocenters. The van der Waals surface area contributed by atoms with Crippen LogP contribution in [0.2, 0.25) is 5.02 Å². The van der Waals surface area contributed by atoms with Gasteiger partial charge in [0.15, 0.2) is 0 Å². The van der Waals surface area contributed by atoms with Gasteiger partial charge < -0.3 is 14.7 Å². The Balaban J connectivity index is 1.37.